The molecule has 0 aliphatic carbocycles. The third kappa shape index (κ3) is 1.64. The van der Waals surface area contributed by atoms with Gasteiger partial charge in [0.2, 0.25) is 0 Å². The van der Waals surface area contributed by atoms with Gasteiger partial charge in [-0.05, 0) is 24.3 Å². The molecule has 80 valence electrons. The van der Waals surface area contributed by atoms with E-state index in [0.29, 0.717) is 5.75 Å². The van der Waals surface area contributed by atoms with Gasteiger partial charge in [0.05, 0.1) is 10.2 Å². The van der Waals surface area contributed by atoms with Crippen LogP contribution < -0.4 is 0 Å². The van der Waals surface area contributed by atoms with Crippen molar-refractivity contribution in [2.45, 2.75) is 5.75 Å². The van der Waals surface area contributed by atoms with E-state index in [2.05, 4.69) is 23.7 Å². The Kier molecular flexibility index (Phi) is 2.46. The number of para-hydroxylation sites is 1. The van der Waals surface area contributed by atoms with Gasteiger partial charge in [0.25, 0.3) is 0 Å². The van der Waals surface area contributed by atoms with Crippen molar-refractivity contribution >= 4 is 34.2 Å². The van der Waals surface area contributed by atoms with Gasteiger partial charge in [-0.25, -0.2) is 4.98 Å². The zero-order valence-corrected chi connectivity index (χ0v) is 10.1. The molecule has 0 amide bonds. The number of furan rings is 1. The molecule has 3 aromatic rings. The first-order valence-electron chi connectivity index (χ1n) is 4.92. The molecule has 2 heterocycles. The van der Waals surface area contributed by atoms with Crippen molar-refractivity contribution in [1.29, 1.82) is 0 Å². The lowest BCUT2D eigenvalue weighted by Gasteiger charge is -1.88. The van der Waals surface area contributed by atoms with E-state index in [-0.39, 0.29) is 0 Å². The molecule has 0 radical (unpaired) electrons. The van der Waals surface area contributed by atoms with Gasteiger partial charge in [-0.1, -0.05) is 12.1 Å². The number of hydrogen-bond donors (Lipinski definition) is 1. The Morgan fingerprint density at radius 2 is 2.06 bits per heavy atom. The van der Waals surface area contributed by atoms with E-state index >= 15 is 0 Å². The van der Waals surface area contributed by atoms with Crippen molar-refractivity contribution in [3.8, 4) is 10.8 Å². The number of fused-ring (bicyclic) bond motifs is 1. The van der Waals surface area contributed by atoms with Gasteiger partial charge >= 0.3 is 0 Å². The van der Waals surface area contributed by atoms with Crippen LogP contribution in [0.15, 0.2) is 40.8 Å². The summed E-state index contributed by atoms with van der Waals surface area (Å²) in [5.74, 6) is 2.31. The summed E-state index contributed by atoms with van der Waals surface area (Å²) in [6.07, 6.45) is 0. The molecule has 2 aromatic heterocycles. The number of thiazole rings is 1. The molecule has 0 bridgehead atoms. The van der Waals surface area contributed by atoms with Crippen LogP contribution in [0.3, 0.4) is 0 Å². The summed E-state index contributed by atoms with van der Waals surface area (Å²) in [5, 5.41) is 0.925. The molecule has 0 atom stereocenters. The highest BCUT2D eigenvalue weighted by Crippen LogP contribution is 2.31. The highest BCUT2D eigenvalue weighted by Gasteiger charge is 2.09. The van der Waals surface area contributed by atoms with E-state index in [0.717, 1.165) is 22.0 Å². The molecule has 0 fully saturated rings. The zero-order valence-electron chi connectivity index (χ0n) is 8.38. The summed E-state index contributed by atoms with van der Waals surface area (Å²) in [6, 6.07) is 12.0. The largest absolute Gasteiger partial charge is 0.458 e. The second kappa shape index (κ2) is 3.96. The first-order valence-corrected chi connectivity index (χ1v) is 6.37. The van der Waals surface area contributed by atoms with E-state index in [1.807, 2.05) is 30.3 Å². The van der Waals surface area contributed by atoms with E-state index in [9.17, 15) is 0 Å². The summed E-state index contributed by atoms with van der Waals surface area (Å²) >= 11 is 5.82. The number of benzene rings is 1. The first-order chi connectivity index (χ1) is 7.86. The average molecular weight is 247 g/mol. The smallest absolute Gasteiger partial charge is 0.162 e. The van der Waals surface area contributed by atoms with Crippen LogP contribution >= 0.6 is 24.0 Å². The SMILES string of the molecule is SCc1ccc(-c2nc3ccccc3s2)o1. The molecule has 0 spiro atoms. The van der Waals surface area contributed by atoms with Crippen molar-refractivity contribution in [2.75, 3.05) is 0 Å². The van der Waals surface area contributed by atoms with Crippen molar-refractivity contribution in [3.05, 3.63) is 42.2 Å². The van der Waals surface area contributed by atoms with Crippen LogP contribution in [-0.2, 0) is 5.75 Å². The maximum absolute atomic E-state index is 5.62. The van der Waals surface area contributed by atoms with Crippen LogP contribution in [-0.4, -0.2) is 4.98 Å². The Balaban J connectivity index is 2.11. The van der Waals surface area contributed by atoms with Crippen molar-refractivity contribution in [2.24, 2.45) is 0 Å². The summed E-state index contributed by atoms with van der Waals surface area (Å²) < 4.78 is 6.80. The van der Waals surface area contributed by atoms with Crippen LogP contribution in [0.4, 0.5) is 0 Å². The van der Waals surface area contributed by atoms with Crippen LogP contribution in [0.2, 0.25) is 0 Å². The Hall–Kier alpha value is -1.26. The van der Waals surface area contributed by atoms with Crippen molar-refractivity contribution < 1.29 is 4.42 Å². The maximum atomic E-state index is 5.62. The van der Waals surface area contributed by atoms with Crippen LogP contribution in [0, 0.1) is 0 Å². The van der Waals surface area contributed by atoms with Gasteiger partial charge in [-0.15, -0.1) is 11.3 Å². The Morgan fingerprint density at radius 1 is 1.19 bits per heavy atom. The number of hydrogen-bond acceptors (Lipinski definition) is 4. The molecule has 1 aromatic carbocycles. The third-order valence-corrected chi connectivity index (χ3v) is 3.68. The average Bonchev–Trinajstić information content (AvgIpc) is 2.95. The predicted molar refractivity (Wildman–Crippen MR) is 70.0 cm³/mol. The summed E-state index contributed by atoms with van der Waals surface area (Å²) in [6.45, 7) is 0. The molecular weight excluding hydrogens is 238 g/mol. The zero-order chi connectivity index (χ0) is 11.0. The molecule has 0 unspecified atom stereocenters. The highest BCUT2D eigenvalue weighted by molar-refractivity contribution is 7.79. The molecule has 0 saturated carbocycles. The Bertz CT molecular complexity index is 594. The quantitative estimate of drug-likeness (QED) is 0.693. The minimum absolute atomic E-state index is 0.616. The van der Waals surface area contributed by atoms with E-state index < -0.39 is 0 Å². The van der Waals surface area contributed by atoms with Crippen molar-refractivity contribution in [3.63, 3.8) is 0 Å². The molecule has 16 heavy (non-hydrogen) atoms. The monoisotopic (exact) mass is 247 g/mol. The topological polar surface area (TPSA) is 26.0 Å². The molecule has 0 aliphatic rings. The maximum Gasteiger partial charge on any atom is 0.162 e. The van der Waals surface area contributed by atoms with E-state index in [1.54, 1.807) is 11.3 Å². The number of aromatic nitrogens is 1. The van der Waals surface area contributed by atoms with Gasteiger partial charge in [-0.2, -0.15) is 12.6 Å². The Labute approximate surface area is 102 Å². The van der Waals surface area contributed by atoms with Gasteiger partial charge in [-0.3, -0.25) is 0 Å². The number of thiol groups is 1. The molecule has 0 saturated heterocycles. The normalized spacial score (nSPS) is 11.1. The first kappa shape index (κ1) is 9.93. The molecule has 4 heteroatoms. The summed E-state index contributed by atoms with van der Waals surface area (Å²) in [5.41, 5.74) is 1.02. The fourth-order valence-corrected chi connectivity index (χ4v) is 2.65. The lowest BCUT2D eigenvalue weighted by molar-refractivity contribution is 0.544. The number of nitrogens with zero attached hydrogens (tertiary/aromatic N) is 1. The molecular formula is C12H9NOS2. The molecule has 0 N–H and O–H groups in total. The van der Waals surface area contributed by atoms with Gasteiger partial charge in [0.15, 0.2) is 10.8 Å². The lowest BCUT2D eigenvalue weighted by atomic mass is 10.3. The van der Waals surface area contributed by atoms with Crippen LogP contribution in [0.5, 0.6) is 0 Å². The molecule has 3 rings (SSSR count). The number of rotatable bonds is 2. The Morgan fingerprint density at radius 3 is 2.81 bits per heavy atom. The van der Waals surface area contributed by atoms with Gasteiger partial charge in [0.1, 0.15) is 5.76 Å². The fourth-order valence-electron chi connectivity index (χ4n) is 1.56. The summed E-state index contributed by atoms with van der Waals surface area (Å²) in [7, 11) is 0. The lowest BCUT2D eigenvalue weighted by Crippen LogP contribution is -1.70. The fraction of sp³-hybridized carbons (Fsp3) is 0.0833. The minimum atomic E-state index is 0.616. The molecule has 2 nitrogen and oxygen atoms in total. The summed E-state index contributed by atoms with van der Waals surface area (Å²) in [4.78, 5) is 4.53. The van der Waals surface area contributed by atoms with Crippen LogP contribution in [0.1, 0.15) is 5.76 Å². The minimum Gasteiger partial charge on any atom is -0.458 e. The molecule has 0 aliphatic heterocycles. The second-order valence-corrected chi connectivity index (χ2v) is 4.76. The van der Waals surface area contributed by atoms with E-state index in [1.165, 1.54) is 4.70 Å². The third-order valence-electron chi connectivity index (χ3n) is 2.32. The van der Waals surface area contributed by atoms with Crippen LogP contribution in [0.25, 0.3) is 21.0 Å². The van der Waals surface area contributed by atoms with E-state index in [4.69, 9.17) is 4.42 Å². The van der Waals surface area contributed by atoms with Gasteiger partial charge < -0.3 is 4.42 Å². The highest BCUT2D eigenvalue weighted by atomic mass is 32.1. The predicted octanol–water partition coefficient (Wildman–Crippen LogP) is 3.99. The second-order valence-electron chi connectivity index (χ2n) is 3.41. The van der Waals surface area contributed by atoms with Gasteiger partial charge in [0, 0.05) is 5.75 Å². The van der Waals surface area contributed by atoms with Crippen molar-refractivity contribution in [1.82, 2.24) is 4.98 Å². The standard InChI is InChI=1S/C12H9NOS2/c15-7-8-5-6-10(14-8)12-13-9-3-1-2-4-11(9)16-12/h1-6,15H,7H2.